The minimum Gasteiger partial charge on any atom is -0.468 e. The van der Waals surface area contributed by atoms with Gasteiger partial charge in [0, 0.05) is 6.04 Å². The highest BCUT2D eigenvalue weighted by Crippen LogP contribution is 2.28. The molecule has 4 heteroatoms. The van der Waals surface area contributed by atoms with Gasteiger partial charge in [0.15, 0.2) is 0 Å². The van der Waals surface area contributed by atoms with Gasteiger partial charge in [-0.2, -0.15) is 0 Å². The molecule has 0 spiro atoms. The Kier molecular flexibility index (Phi) is 7.67. The number of hydrogen-bond donors (Lipinski definition) is 1. The molecule has 0 bridgehead atoms. The van der Waals surface area contributed by atoms with E-state index in [1.165, 1.54) is 39.5 Å². The number of likely N-dealkylation sites (N-methyl/N-ethyl adjacent to an activating group) is 1. The predicted octanol–water partition coefficient (Wildman–Crippen LogP) is 2.82. The number of nitrogens with one attached hydrogen (secondary N) is 1. The molecule has 0 amide bonds. The van der Waals surface area contributed by atoms with E-state index in [0.29, 0.717) is 0 Å². The number of unbranched alkanes of at least 4 members (excludes halogenated alkanes) is 1. The maximum atomic E-state index is 11.8. The quantitative estimate of drug-likeness (QED) is 0.470. The zero-order chi connectivity index (χ0) is 15.9. The van der Waals surface area contributed by atoms with E-state index >= 15 is 0 Å². The molecule has 0 aromatic heterocycles. The lowest BCUT2D eigenvalue weighted by molar-refractivity contribution is -0.148. The van der Waals surface area contributed by atoms with Gasteiger partial charge in [-0.3, -0.25) is 4.79 Å². The molecule has 0 aromatic carbocycles. The van der Waals surface area contributed by atoms with Crippen molar-refractivity contribution in [1.29, 1.82) is 0 Å². The first kappa shape index (κ1) is 18.4. The van der Waals surface area contributed by atoms with Gasteiger partial charge in [-0.25, -0.2) is 0 Å². The van der Waals surface area contributed by atoms with Crippen LogP contribution in [0.3, 0.4) is 0 Å². The first-order valence-electron chi connectivity index (χ1n) is 8.44. The number of carbonyl (C=O) groups is 1. The summed E-state index contributed by atoms with van der Waals surface area (Å²) in [5.41, 5.74) is -0.545. The van der Waals surface area contributed by atoms with Crippen LogP contribution in [0.2, 0.25) is 0 Å². The summed E-state index contributed by atoms with van der Waals surface area (Å²) in [6.45, 7) is 8.90. The lowest BCUT2D eigenvalue weighted by Gasteiger charge is -2.27. The molecule has 1 atom stereocenters. The fraction of sp³-hybridized carbons (Fsp3) is 0.941. The lowest BCUT2D eigenvalue weighted by Crippen LogP contribution is -2.48. The van der Waals surface area contributed by atoms with E-state index in [1.807, 2.05) is 14.0 Å². The smallest absolute Gasteiger partial charge is 0.325 e. The van der Waals surface area contributed by atoms with Crippen molar-refractivity contribution in [2.75, 3.05) is 27.2 Å². The number of ether oxygens (including phenoxy) is 1. The van der Waals surface area contributed by atoms with Gasteiger partial charge in [0.25, 0.3) is 0 Å². The highest BCUT2D eigenvalue weighted by molar-refractivity contribution is 5.80. The third kappa shape index (κ3) is 6.35. The van der Waals surface area contributed by atoms with Crippen molar-refractivity contribution < 1.29 is 9.53 Å². The van der Waals surface area contributed by atoms with Gasteiger partial charge >= 0.3 is 5.97 Å². The Bertz CT molecular complexity index is 316. The Hall–Kier alpha value is -0.610. The van der Waals surface area contributed by atoms with E-state index in [4.69, 9.17) is 4.74 Å². The molecule has 0 radical (unpaired) electrons. The molecule has 1 rings (SSSR count). The SMILES string of the molecule is CNC(C)(CCCCN(CCC(C)C)C1CC1)C(=O)OC. The molecule has 124 valence electrons. The van der Waals surface area contributed by atoms with E-state index in [9.17, 15) is 4.79 Å². The molecular weight excluding hydrogens is 264 g/mol. The van der Waals surface area contributed by atoms with Crippen LogP contribution in [0.25, 0.3) is 0 Å². The van der Waals surface area contributed by atoms with Crippen LogP contribution in [-0.2, 0) is 9.53 Å². The summed E-state index contributed by atoms with van der Waals surface area (Å²) in [7, 11) is 3.29. The molecule has 21 heavy (non-hydrogen) atoms. The molecule has 0 aromatic rings. The molecule has 0 heterocycles. The standard InChI is InChI=1S/C17H34N2O2/c1-14(2)10-13-19(15-8-9-15)12-7-6-11-17(3,18-4)16(20)21-5/h14-15,18H,6-13H2,1-5H3. The first-order chi connectivity index (χ1) is 9.92. The van der Waals surface area contributed by atoms with Crippen molar-refractivity contribution in [2.24, 2.45) is 5.92 Å². The first-order valence-corrected chi connectivity index (χ1v) is 8.44. The van der Waals surface area contributed by atoms with Crippen molar-refractivity contribution in [3.8, 4) is 0 Å². The Labute approximate surface area is 130 Å². The molecule has 0 aliphatic heterocycles. The summed E-state index contributed by atoms with van der Waals surface area (Å²) in [5, 5.41) is 3.10. The summed E-state index contributed by atoms with van der Waals surface area (Å²) in [6.07, 6.45) is 7.06. The lowest BCUT2D eigenvalue weighted by atomic mass is 9.95. The number of rotatable bonds is 11. The Morgan fingerprint density at radius 2 is 2.00 bits per heavy atom. The second-order valence-electron chi connectivity index (χ2n) is 6.98. The van der Waals surface area contributed by atoms with E-state index in [1.54, 1.807) is 0 Å². The van der Waals surface area contributed by atoms with Crippen molar-refractivity contribution in [1.82, 2.24) is 10.2 Å². The average molecular weight is 298 g/mol. The van der Waals surface area contributed by atoms with Crippen LogP contribution in [0.4, 0.5) is 0 Å². The second kappa shape index (κ2) is 8.74. The summed E-state index contributed by atoms with van der Waals surface area (Å²) >= 11 is 0. The highest BCUT2D eigenvalue weighted by Gasteiger charge is 2.32. The van der Waals surface area contributed by atoms with Crippen molar-refractivity contribution >= 4 is 5.97 Å². The van der Waals surface area contributed by atoms with Crippen molar-refractivity contribution in [3.63, 3.8) is 0 Å². The topological polar surface area (TPSA) is 41.6 Å². The van der Waals surface area contributed by atoms with Gasteiger partial charge in [0.2, 0.25) is 0 Å². The minimum absolute atomic E-state index is 0.163. The number of methoxy groups -OCH3 is 1. The Morgan fingerprint density at radius 1 is 1.33 bits per heavy atom. The van der Waals surface area contributed by atoms with Crippen molar-refractivity contribution in [3.05, 3.63) is 0 Å². The maximum absolute atomic E-state index is 11.8. The van der Waals surface area contributed by atoms with Gasteiger partial charge in [-0.15, -0.1) is 0 Å². The molecule has 1 N–H and O–H groups in total. The van der Waals surface area contributed by atoms with Gasteiger partial charge in [-0.1, -0.05) is 13.8 Å². The Morgan fingerprint density at radius 3 is 2.48 bits per heavy atom. The van der Waals surface area contributed by atoms with Gasteiger partial charge in [0.05, 0.1) is 7.11 Å². The van der Waals surface area contributed by atoms with E-state index in [-0.39, 0.29) is 5.97 Å². The molecule has 1 aliphatic rings. The molecule has 0 saturated heterocycles. The van der Waals surface area contributed by atoms with Crippen LogP contribution in [0.15, 0.2) is 0 Å². The number of carbonyl (C=O) groups excluding carboxylic acids is 1. The summed E-state index contributed by atoms with van der Waals surface area (Å²) < 4.78 is 4.89. The molecule has 1 fully saturated rings. The monoisotopic (exact) mass is 298 g/mol. The highest BCUT2D eigenvalue weighted by atomic mass is 16.5. The Balaban J connectivity index is 2.28. The summed E-state index contributed by atoms with van der Waals surface area (Å²) in [4.78, 5) is 14.4. The largest absolute Gasteiger partial charge is 0.468 e. The van der Waals surface area contributed by atoms with E-state index < -0.39 is 5.54 Å². The third-order valence-electron chi connectivity index (χ3n) is 4.62. The van der Waals surface area contributed by atoms with Gasteiger partial charge < -0.3 is 15.0 Å². The molecular formula is C17H34N2O2. The van der Waals surface area contributed by atoms with Crippen LogP contribution < -0.4 is 5.32 Å². The summed E-state index contributed by atoms with van der Waals surface area (Å²) in [5.74, 6) is 0.613. The summed E-state index contributed by atoms with van der Waals surface area (Å²) in [6, 6.07) is 0.833. The van der Waals surface area contributed by atoms with Crippen LogP contribution in [0, 0.1) is 5.92 Å². The normalized spacial score (nSPS) is 18.0. The fourth-order valence-electron chi connectivity index (χ4n) is 2.69. The van der Waals surface area contributed by atoms with Crippen LogP contribution in [-0.4, -0.2) is 49.7 Å². The maximum Gasteiger partial charge on any atom is 0.325 e. The van der Waals surface area contributed by atoms with Crippen LogP contribution in [0.5, 0.6) is 0 Å². The molecule has 1 saturated carbocycles. The number of esters is 1. The van der Waals surface area contributed by atoms with E-state index in [2.05, 4.69) is 24.1 Å². The average Bonchev–Trinajstić information content (AvgIpc) is 3.29. The van der Waals surface area contributed by atoms with Crippen LogP contribution >= 0.6 is 0 Å². The number of nitrogens with zero attached hydrogens (tertiary/aromatic N) is 1. The van der Waals surface area contributed by atoms with E-state index in [0.717, 1.165) is 31.2 Å². The zero-order valence-corrected chi connectivity index (χ0v) is 14.6. The minimum atomic E-state index is -0.545. The molecule has 4 nitrogen and oxygen atoms in total. The number of hydrogen-bond acceptors (Lipinski definition) is 4. The molecule has 1 aliphatic carbocycles. The third-order valence-corrected chi connectivity index (χ3v) is 4.62. The molecule has 1 unspecified atom stereocenters. The fourth-order valence-corrected chi connectivity index (χ4v) is 2.69. The zero-order valence-electron chi connectivity index (χ0n) is 14.6. The van der Waals surface area contributed by atoms with Gasteiger partial charge in [0.1, 0.15) is 5.54 Å². The second-order valence-corrected chi connectivity index (χ2v) is 6.98. The van der Waals surface area contributed by atoms with Crippen molar-refractivity contribution in [2.45, 2.75) is 70.9 Å². The van der Waals surface area contributed by atoms with Crippen LogP contribution in [0.1, 0.15) is 59.3 Å². The predicted molar refractivity (Wildman–Crippen MR) is 87.4 cm³/mol. The van der Waals surface area contributed by atoms with Gasteiger partial charge in [-0.05, 0) is 71.5 Å².